The summed E-state index contributed by atoms with van der Waals surface area (Å²) >= 11 is 6.10. The fourth-order valence-corrected chi connectivity index (χ4v) is 5.30. The van der Waals surface area contributed by atoms with Gasteiger partial charge < -0.3 is 15.0 Å². The molecule has 0 aliphatic carbocycles. The molecule has 1 unspecified atom stereocenters. The highest BCUT2D eigenvalue weighted by atomic mass is 35.5. The maximum atomic E-state index is 14.2. The number of amides is 2. The molecule has 2 amide bonds. The van der Waals surface area contributed by atoms with Gasteiger partial charge in [-0.05, 0) is 48.4 Å². The molecule has 186 valence electrons. The first-order valence-corrected chi connectivity index (χ1v) is 12.1. The van der Waals surface area contributed by atoms with E-state index in [0.717, 1.165) is 5.56 Å². The number of nitrogens with zero attached hydrogens (tertiary/aromatic N) is 2. The first-order valence-electron chi connectivity index (χ1n) is 11.8. The van der Waals surface area contributed by atoms with Gasteiger partial charge in [0.1, 0.15) is 17.1 Å². The molecule has 0 radical (unpaired) electrons. The lowest BCUT2D eigenvalue weighted by Gasteiger charge is -2.42. The van der Waals surface area contributed by atoms with Crippen LogP contribution in [0.3, 0.4) is 0 Å². The monoisotopic (exact) mass is 501 g/mol. The summed E-state index contributed by atoms with van der Waals surface area (Å²) in [7, 11) is 1.56. The van der Waals surface area contributed by atoms with Crippen LogP contribution < -0.4 is 10.1 Å². The zero-order valence-electron chi connectivity index (χ0n) is 19.8. The van der Waals surface area contributed by atoms with Crippen molar-refractivity contribution in [2.45, 2.75) is 31.2 Å². The number of hydrogen-bond acceptors (Lipinski definition) is 5. The number of carbonyl (C=O) groups excluding carboxylic acids is 3. The van der Waals surface area contributed by atoms with E-state index < -0.39 is 23.4 Å². The Balaban J connectivity index is 1.68. The van der Waals surface area contributed by atoms with Gasteiger partial charge in [-0.2, -0.15) is 0 Å². The third kappa shape index (κ3) is 4.90. The van der Waals surface area contributed by atoms with Gasteiger partial charge in [0.2, 0.25) is 5.91 Å². The molecular formula is C26H29ClFN3O4. The lowest BCUT2D eigenvalue weighted by atomic mass is 9.73. The number of benzene rings is 2. The molecule has 0 bridgehead atoms. The SMILES string of the molecule is CCC(=O)N1CCC(C(=O)[C@@]2(N(C)C(=O)Oc3ccc(F)cc3)CNC[C@H]2c2ccc(Cl)cc2)C1. The van der Waals surface area contributed by atoms with Crippen LogP contribution in [0, 0.1) is 11.7 Å². The fourth-order valence-electron chi connectivity index (χ4n) is 5.18. The van der Waals surface area contributed by atoms with E-state index >= 15 is 0 Å². The Kier molecular flexibility index (Phi) is 7.42. The van der Waals surface area contributed by atoms with Crippen molar-refractivity contribution in [2.24, 2.45) is 5.92 Å². The summed E-state index contributed by atoms with van der Waals surface area (Å²) in [5.74, 6) is -1.11. The molecule has 35 heavy (non-hydrogen) atoms. The summed E-state index contributed by atoms with van der Waals surface area (Å²) < 4.78 is 18.8. The molecule has 2 aliphatic rings. The molecule has 2 heterocycles. The van der Waals surface area contributed by atoms with Crippen LogP contribution in [0.4, 0.5) is 9.18 Å². The minimum Gasteiger partial charge on any atom is -0.410 e. The molecule has 7 nitrogen and oxygen atoms in total. The van der Waals surface area contributed by atoms with E-state index in [0.29, 0.717) is 37.5 Å². The molecule has 9 heteroatoms. The number of likely N-dealkylation sites (tertiary alicyclic amines) is 1. The Bertz CT molecular complexity index is 1090. The van der Waals surface area contributed by atoms with E-state index in [9.17, 15) is 18.8 Å². The predicted octanol–water partition coefficient (Wildman–Crippen LogP) is 3.86. The molecule has 2 aromatic rings. The molecule has 1 N–H and O–H groups in total. The highest BCUT2D eigenvalue weighted by molar-refractivity contribution is 6.30. The highest BCUT2D eigenvalue weighted by Gasteiger charge is 2.57. The van der Waals surface area contributed by atoms with Crippen LogP contribution in [0.5, 0.6) is 5.75 Å². The van der Waals surface area contributed by atoms with Crippen molar-refractivity contribution in [2.75, 3.05) is 33.2 Å². The molecule has 2 aliphatic heterocycles. The standard InChI is InChI=1S/C26H29ClFN3O4/c1-3-23(32)31-13-12-18(15-31)24(33)26(16-29-14-22(26)17-4-6-19(27)7-5-17)30(2)25(34)35-21-10-8-20(28)9-11-21/h4-11,18,22,29H,3,12-16H2,1-2H3/t18?,22-,26+/m0/s1. The molecule has 0 aromatic heterocycles. The zero-order valence-corrected chi connectivity index (χ0v) is 20.6. The Morgan fingerprint density at radius 3 is 2.51 bits per heavy atom. The van der Waals surface area contributed by atoms with Gasteiger partial charge in [-0.3, -0.25) is 14.5 Å². The second-order valence-electron chi connectivity index (χ2n) is 9.08. The van der Waals surface area contributed by atoms with Crippen molar-refractivity contribution in [3.8, 4) is 5.75 Å². The highest BCUT2D eigenvalue weighted by Crippen LogP contribution is 2.41. The van der Waals surface area contributed by atoms with E-state index in [1.165, 1.54) is 29.2 Å². The van der Waals surface area contributed by atoms with Gasteiger partial charge in [-0.1, -0.05) is 30.7 Å². The number of Topliss-reactive ketones (excluding diaryl/α,β-unsaturated/α-hetero) is 1. The molecule has 0 saturated carbocycles. The number of halogens is 2. The smallest absolute Gasteiger partial charge is 0.410 e. The van der Waals surface area contributed by atoms with Gasteiger partial charge in [0.05, 0.1) is 0 Å². The lowest BCUT2D eigenvalue weighted by molar-refractivity contribution is -0.134. The number of nitrogens with one attached hydrogen (secondary N) is 1. The van der Waals surface area contributed by atoms with Crippen LogP contribution in [-0.4, -0.2) is 66.3 Å². The van der Waals surface area contributed by atoms with Crippen molar-refractivity contribution in [1.82, 2.24) is 15.1 Å². The number of likely N-dealkylation sites (N-methyl/N-ethyl adjacent to an activating group) is 1. The van der Waals surface area contributed by atoms with Crippen molar-refractivity contribution in [1.29, 1.82) is 0 Å². The minimum atomic E-state index is -1.24. The Hall–Kier alpha value is -2.97. The molecule has 2 saturated heterocycles. The normalized spacial score (nSPS) is 23.8. The third-order valence-electron chi connectivity index (χ3n) is 7.12. The molecule has 2 aromatic carbocycles. The number of ether oxygens (including phenoxy) is 1. The summed E-state index contributed by atoms with van der Waals surface area (Å²) in [6.07, 6.45) is 0.206. The van der Waals surface area contributed by atoms with E-state index in [1.807, 2.05) is 12.1 Å². The summed E-state index contributed by atoms with van der Waals surface area (Å²) in [5, 5.41) is 3.87. The molecule has 3 atom stereocenters. The van der Waals surface area contributed by atoms with Crippen LogP contribution in [0.15, 0.2) is 48.5 Å². The van der Waals surface area contributed by atoms with Gasteiger partial charge >= 0.3 is 6.09 Å². The van der Waals surface area contributed by atoms with Crippen molar-refractivity contribution < 1.29 is 23.5 Å². The zero-order chi connectivity index (χ0) is 25.2. The quantitative estimate of drug-likeness (QED) is 0.650. The second kappa shape index (κ2) is 10.3. The largest absolute Gasteiger partial charge is 0.415 e. The lowest BCUT2D eigenvalue weighted by Crippen LogP contribution is -2.62. The summed E-state index contributed by atoms with van der Waals surface area (Å²) in [6.45, 7) is 3.37. The fraction of sp³-hybridized carbons (Fsp3) is 0.423. The summed E-state index contributed by atoms with van der Waals surface area (Å²) in [4.78, 5) is 42.8. The van der Waals surface area contributed by atoms with Crippen LogP contribution in [0.2, 0.25) is 5.02 Å². The molecule has 2 fully saturated rings. The third-order valence-corrected chi connectivity index (χ3v) is 7.38. The van der Waals surface area contributed by atoms with E-state index in [2.05, 4.69) is 5.32 Å². The van der Waals surface area contributed by atoms with Crippen LogP contribution in [-0.2, 0) is 9.59 Å². The van der Waals surface area contributed by atoms with Gasteiger partial charge in [-0.25, -0.2) is 9.18 Å². The summed E-state index contributed by atoms with van der Waals surface area (Å²) in [6, 6.07) is 12.4. The Morgan fingerprint density at radius 2 is 1.86 bits per heavy atom. The van der Waals surface area contributed by atoms with E-state index in [-0.39, 0.29) is 29.9 Å². The molecule has 4 rings (SSSR count). The topological polar surface area (TPSA) is 79.0 Å². The maximum absolute atomic E-state index is 14.2. The molecular weight excluding hydrogens is 473 g/mol. The van der Waals surface area contributed by atoms with Gasteiger partial charge in [0.25, 0.3) is 0 Å². The van der Waals surface area contributed by atoms with E-state index in [1.54, 1.807) is 31.0 Å². The van der Waals surface area contributed by atoms with Gasteiger partial charge in [-0.15, -0.1) is 0 Å². The summed E-state index contributed by atoms with van der Waals surface area (Å²) in [5.41, 5.74) is -0.366. The second-order valence-corrected chi connectivity index (χ2v) is 9.52. The van der Waals surface area contributed by atoms with Crippen LogP contribution in [0.25, 0.3) is 0 Å². The first kappa shape index (κ1) is 25.1. The van der Waals surface area contributed by atoms with Crippen molar-refractivity contribution in [3.05, 3.63) is 64.9 Å². The Morgan fingerprint density at radius 1 is 1.17 bits per heavy atom. The average molecular weight is 502 g/mol. The predicted molar refractivity (Wildman–Crippen MR) is 130 cm³/mol. The minimum absolute atomic E-state index is 0.0113. The average Bonchev–Trinajstić information content (AvgIpc) is 3.53. The maximum Gasteiger partial charge on any atom is 0.415 e. The first-order chi connectivity index (χ1) is 16.8. The number of ketones is 1. The van der Waals surface area contributed by atoms with Crippen molar-refractivity contribution >= 4 is 29.4 Å². The number of carbonyl (C=O) groups is 3. The van der Waals surface area contributed by atoms with Crippen molar-refractivity contribution in [3.63, 3.8) is 0 Å². The van der Waals surface area contributed by atoms with Crippen LogP contribution >= 0.6 is 11.6 Å². The van der Waals surface area contributed by atoms with E-state index in [4.69, 9.17) is 16.3 Å². The van der Waals surface area contributed by atoms with Gasteiger partial charge in [0, 0.05) is 56.5 Å². The molecule has 0 spiro atoms. The number of rotatable bonds is 6. The van der Waals surface area contributed by atoms with Crippen LogP contribution in [0.1, 0.15) is 31.2 Å². The Labute approximate surface area is 209 Å². The van der Waals surface area contributed by atoms with Gasteiger partial charge in [0.15, 0.2) is 5.78 Å². The number of hydrogen-bond donors (Lipinski definition) is 1.